The summed E-state index contributed by atoms with van der Waals surface area (Å²) in [5.74, 6) is -0.520. The van der Waals surface area contributed by atoms with E-state index in [0.29, 0.717) is 12.0 Å². The van der Waals surface area contributed by atoms with Crippen LogP contribution in [0.25, 0.3) is 0 Å². The van der Waals surface area contributed by atoms with E-state index in [1.807, 2.05) is 0 Å². The van der Waals surface area contributed by atoms with E-state index in [9.17, 15) is 9.18 Å². The fourth-order valence-electron chi connectivity index (χ4n) is 3.48. The molecule has 0 radical (unpaired) electrons. The first kappa shape index (κ1) is 17.2. The average molecular weight is 328 g/mol. The maximum Gasteiger partial charge on any atom is 0.238 e. The first-order chi connectivity index (χ1) is 10.2. The van der Waals surface area contributed by atoms with Gasteiger partial charge in [0.05, 0.1) is 12.2 Å². The van der Waals surface area contributed by atoms with Gasteiger partial charge in [-0.15, -0.1) is 12.4 Å². The van der Waals surface area contributed by atoms with Crippen LogP contribution in [0.2, 0.25) is 0 Å². The number of nitrogens with one attached hydrogen (secondary N) is 2. The van der Waals surface area contributed by atoms with Gasteiger partial charge in [0.15, 0.2) is 0 Å². The maximum absolute atomic E-state index is 13.5. The molecular formula is C16H23ClFN3O. The lowest BCUT2D eigenvalue weighted by atomic mass is 9.78. The maximum atomic E-state index is 13.5. The van der Waals surface area contributed by atoms with Gasteiger partial charge in [0.25, 0.3) is 0 Å². The van der Waals surface area contributed by atoms with E-state index in [1.165, 1.54) is 25.3 Å². The number of rotatable bonds is 3. The largest absolute Gasteiger partial charge is 0.322 e. The molecule has 22 heavy (non-hydrogen) atoms. The quantitative estimate of drug-likeness (QED) is 0.895. The number of para-hydroxylation sites is 1. The van der Waals surface area contributed by atoms with Crippen LogP contribution >= 0.6 is 12.4 Å². The zero-order valence-corrected chi connectivity index (χ0v) is 13.4. The molecule has 0 unspecified atom stereocenters. The molecule has 1 aromatic carbocycles. The van der Waals surface area contributed by atoms with Crippen LogP contribution in [0.4, 0.5) is 10.1 Å². The molecular weight excluding hydrogens is 305 g/mol. The number of hydrogen-bond acceptors (Lipinski definition) is 3. The highest BCUT2D eigenvalue weighted by Crippen LogP contribution is 2.38. The lowest BCUT2D eigenvalue weighted by molar-refractivity contribution is -0.117. The molecule has 4 nitrogen and oxygen atoms in total. The van der Waals surface area contributed by atoms with Gasteiger partial charge in [0.2, 0.25) is 5.91 Å². The fourth-order valence-corrected chi connectivity index (χ4v) is 3.48. The number of nitrogens with zero attached hydrogens (tertiary/aromatic N) is 1. The topological polar surface area (TPSA) is 44.4 Å². The Bertz CT molecular complexity index is 520. The summed E-state index contributed by atoms with van der Waals surface area (Å²) in [4.78, 5) is 14.3. The predicted molar refractivity (Wildman–Crippen MR) is 87.9 cm³/mol. The van der Waals surface area contributed by atoms with Crippen LogP contribution in [0.1, 0.15) is 19.3 Å². The molecule has 1 spiro atoms. The second kappa shape index (κ2) is 7.40. The highest BCUT2D eigenvalue weighted by atomic mass is 35.5. The molecule has 0 saturated carbocycles. The Morgan fingerprint density at radius 1 is 1.27 bits per heavy atom. The lowest BCUT2D eigenvalue weighted by Gasteiger charge is -2.33. The number of benzene rings is 1. The molecule has 3 rings (SSSR count). The van der Waals surface area contributed by atoms with Crippen molar-refractivity contribution in [3.8, 4) is 0 Å². The molecule has 0 atom stereocenters. The molecule has 0 bridgehead atoms. The summed E-state index contributed by atoms with van der Waals surface area (Å²) in [5, 5.41) is 6.05. The van der Waals surface area contributed by atoms with Crippen molar-refractivity contribution in [2.24, 2.45) is 5.41 Å². The van der Waals surface area contributed by atoms with Crippen LogP contribution in [0.3, 0.4) is 0 Å². The molecule has 2 N–H and O–H groups in total. The Hall–Kier alpha value is -1.17. The summed E-state index contributed by atoms with van der Waals surface area (Å²) >= 11 is 0. The number of anilines is 1. The standard InChI is InChI=1S/C16H22FN3O.ClH/c17-13-3-1-2-4-14(13)19-15(21)11-20-10-7-16(12-20)5-8-18-9-6-16;/h1-4,18H,5-12H2,(H,19,21);1H. The van der Waals surface area contributed by atoms with E-state index in [0.717, 1.165) is 26.2 Å². The van der Waals surface area contributed by atoms with Gasteiger partial charge >= 0.3 is 0 Å². The number of hydrogen-bond donors (Lipinski definition) is 2. The summed E-state index contributed by atoms with van der Waals surface area (Å²) in [7, 11) is 0. The van der Waals surface area contributed by atoms with Gasteiger partial charge in [0.1, 0.15) is 5.82 Å². The molecule has 6 heteroatoms. The van der Waals surface area contributed by atoms with Gasteiger partial charge in [-0.25, -0.2) is 4.39 Å². The first-order valence-electron chi connectivity index (χ1n) is 7.64. The van der Waals surface area contributed by atoms with Gasteiger partial charge in [-0.3, -0.25) is 9.69 Å². The summed E-state index contributed by atoms with van der Waals surface area (Å²) in [6.07, 6.45) is 3.55. The minimum atomic E-state index is -0.387. The number of amides is 1. The highest BCUT2D eigenvalue weighted by molar-refractivity contribution is 5.92. The van der Waals surface area contributed by atoms with Gasteiger partial charge in [0, 0.05) is 6.54 Å². The van der Waals surface area contributed by atoms with E-state index < -0.39 is 0 Å². The van der Waals surface area contributed by atoms with Crippen LogP contribution in [-0.4, -0.2) is 43.5 Å². The second-order valence-electron chi connectivity index (χ2n) is 6.24. The Morgan fingerprint density at radius 2 is 2.00 bits per heavy atom. The van der Waals surface area contributed by atoms with Crippen molar-refractivity contribution in [2.75, 3.05) is 38.0 Å². The third-order valence-corrected chi connectivity index (χ3v) is 4.70. The molecule has 2 fully saturated rings. The van der Waals surface area contributed by atoms with E-state index in [2.05, 4.69) is 15.5 Å². The zero-order chi connectivity index (χ0) is 14.7. The molecule has 2 saturated heterocycles. The van der Waals surface area contributed by atoms with Gasteiger partial charge in [-0.05, 0) is 56.4 Å². The van der Waals surface area contributed by atoms with Crippen molar-refractivity contribution in [1.82, 2.24) is 10.2 Å². The Balaban J connectivity index is 0.00000176. The smallest absolute Gasteiger partial charge is 0.238 e. The van der Waals surface area contributed by atoms with Crippen molar-refractivity contribution < 1.29 is 9.18 Å². The van der Waals surface area contributed by atoms with Crippen LogP contribution < -0.4 is 10.6 Å². The molecule has 1 aromatic rings. The van der Waals surface area contributed by atoms with Crippen molar-refractivity contribution >= 4 is 24.0 Å². The Labute approximate surface area is 136 Å². The lowest BCUT2D eigenvalue weighted by Crippen LogP contribution is -2.40. The number of halogens is 2. The summed E-state index contributed by atoms with van der Waals surface area (Å²) in [5.41, 5.74) is 0.655. The molecule has 0 aliphatic carbocycles. The number of piperidine rings is 1. The minimum absolute atomic E-state index is 0. The van der Waals surface area contributed by atoms with Gasteiger partial charge in [-0.2, -0.15) is 0 Å². The summed E-state index contributed by atoms with van der Waals surface area (Å²) in [6.45, 7) is 4.46. The SMILES string of the molecule is Cl.O=C(CN1CCC2(CCNCC2)C1)Nc1ccccc1F. The van der Waals surface area contributed by atoms with Crippen molar-refractivity contribution in [1.29, 1.82) is 0 Å². The highest BCUT2D eigenvalue weighted by Gasteiger charge is 2.39. The Kier molecular flexibility index (Phi) is 5.78. The van der Waals surface area contributed by atoms with Crippen LogP contribution in [-0.2, 0) is 4.79 Å². The molecule has 2 aliphatic rings. The average Bonchev–Trinajstić information content (AvgIpc) is 2.84. The molecule has 2 heterocycles. The Morgan fingerprint density at radius 3 is 2.73 bits per heavy atom. The predicted octanol–water partition coefficient (Wildman–Crippen LogP) is 2.26. The van der Waals surface area contributed by atoms with E-state index in [-0.39, 0.29) is 29.8 Å². The van der Waals surface area contributed by atoms with Crippen LogP contribution in [0.15, 0.2) is 24.3 Å². The summed E-state index contributed by atoms with van der Waals surface area (Å²) < 4.78 is 13.5. The third kappa shape index (κ3) is 3.97. The van der Waals surface area contributed by atoms with E-state index in [4.69, 9.17) is 0 Å². The van der Waals surface area contributed by atoms with E-state index >= 15 is 0 Å². The van der Waals surface area contributed by atoms with Gasteiger partial charge < -0.3 is 10.6 Å². The van der Waals surface area contributed by atoms with E-state index in [1.54, 1.807) is 18.2 Å². The minimum Gasteiger partial charge on any atom is -0.322 e. The molecule has 2 aliphatic heterocycles. The summed E-state index contributed by atoms with van der Waals surface area (Å²) in [6, 6.07) is 6.28. The molecule has 1 amide bonds. The fraction of sp³-hybridized carbons (Fsp3) is 0.562. The van der Waals surface area contributed by atoms with Crippen molar-refractivity contribution in [3.63, 3.8) is 0 Å². The third-order valence-electron chi connectivity index (χ3n) is 4.70. The number of carbonyl (C=O) groups excluding carboxylic acids is 1. The second-order valence-corrected chi connectivity index (χ2v) is 6.24. The van der Waals surface area contributed by atoms with Gasteiger partial charge in [-0.1, -0.05) is 12.1 Å². The monoisotopic (exact) mass is 327 g/mol. The molecule has 0 aromatic heterocycles. The number of carbonyl (C=O) groups is 1. The normalized spacial score (nSPS) is 20.6. The van der Waals surface area contributed by atoms with Crippen LogP contribution in [0, 0.1) is 11.2 Å². The van der Waals surface area contributed by atoms with Crippen molar-refractivity contribution in [3.05, 3.63) is 30.1 Å². The van der Waals surface area contributed by atoms with Crippen LogP contribution in [0.5, 0.6) is 0 Å². The number of likely N-dealkylation sites (tertiary alicyclic amines) is 1. The molecule has 122 valence electrons. The van der Waals surface area contributed by atoms with Crippen molar-refractivity contribution in [2.45, 2.75) is 19.3 Å². The zero-order valence-electron chi connectivity index (χ0n) is 12.6. The first-order valence-corrected chi connectivity index (χ1v) is 7.64.